The zero-order valence-corrected chi connectivity index (χ0v) is 14.5. The first-order valence-corrected chi connectivity index (χ1v) is 8.14. The van der Waals surface area contributed by atoms with Crippen LogP contribution in [0.5, 0.6) is 11.5 Å². The summed E-state index contributed by atoms with van der Waals surface area (Å²) in [5.74, 6) is -1.33. The molecule has 8 nitrogen and oxygen atoms in total. The first-order chi connectivity index (χ1) is 12.8. The molecule has 0 aliphatic carbocycles. The Morgan fingerprint density at radius 2 is 1.19 bits per heavy atom. The summed E-state index contributed by atoms with van der Waals surface area (Å²) in [7, 11) is 0. The Balaban J connectivity index is 1.92. The second-order valence-electron chi connectivity index (χ2n) is 6.38. The highest BCUT2D eigenvalue weighted by Crippen LogP contribution is 2.49. The van der Waals surface area contributed by atoms with Crippen molar-refractivity contribution in [2.45, 2.75) is 19.6 Å². The lowest BCUT2D eigenvalue weighted by molar-refractivity contribution is -0.387. The Hall–Kier alpha value is -3.68. The minimum Gasteiger partial charge on any atom is -0.437 e. The minimum atomic E-state index is -1.47. The van der Waals surface area contributed by atoms with Gasteiger partial charge in [0.15, 0.2) is 0 Å². The highest BCUT2D eigenvalue weighted by atomic mass is 16.7. The molecule has 0 unspecified atom stereocenters. The monoisotopic (exact) mass is 366 g/mol. The number of hydrogen-bond acceptors (Lipinski definition) is 6. The first kappa shape index (κ1) is 16.8. The number of para-hydroxylation sites is 2. The molecule has 0 aromatic heterocycles. The van der Waals surface area contributed by atoms with Crippen LogP contribution >= 0.6 is 0 Å². The molecule has 2 aliphatic rings. The van der Waals surface area contributed by atoms with Gasteiger partial charge < -0.3 is 9.47 Å². The van der Waals surface area contributed by atoms with Crippen molar-refractivity contribution < 1.29 is 19.3 Å². The molecule has 0 fully saturated rings. The van der Waals surface area contributed by atoms with Crippen molar-refractivity contribution in [1.82, 2.24) is 0 Å². The number of benzene rings is 2. The van der Waals surface area contributed by atoms with Crippen molar-refractivity contribution in [2.24, 2.45) is 0 Å². The molecule has 2 aromatic carbocycles. The molecular formula is C19H14N2O6. The number of nitrogens with zero attached hydrogens (tertiary/aromatic N) is 2. The van der Waals surface area contributed by atoms with E-state index in [0.717, 1.165) is 0 Å². The molecule has 1 spiro atoms. The Morgan fingerprint density at radius 1 is 0.778 bits per heavy atom. The summed E-state index contributed by atoms with van der Waals surface area (Å²) in [5, 5.41) is 22.8. The number of hydrogen-bond donors (Lipinski definition) is 0. The first-order valence-electron chi connectivity index (χ1n) is 8.14. The highest BCUT2D eigenvalue weighted by molar-refractivity contribution is 5.75. The molecule has 0 bridgehead atoms. The van der Waals surface area contributed by atoms with Gasteiger partial charge in [-0.1, -0.05) is 24.3 Å². The zero-order chi connectivity index (χ0) is 19.3. The maximum atomic E-state index is 11.4. The second-order valence-corrected chi connectivity index (χ2v) is 6.38. The fourth-order valence-corrected chi connectivity index (χ4v) is 3.42. The maximum Gasteiger partial charge on any atom is 0.311 e. The summed E-state index contributed by atoms with van der Waals surface area (Å²) in [6.45, 7) is 3.53. The lowest BCUT2D eigenvalue weighted by Gasteiger charge is -2.40. The van der Waals surface area contributed by atoms with Crippen LogP contribution in [0.2, 0.25) is 0 Å². The number of nitro benzene ring substituents is 2. The van der Waals surface area contributed by atoms with Crippen molar-refractivity contribution in [1.29, 1.82) is 0 Å². The van der Waals surface area contributed by atoms with Crippen LogP contribution in [0.15, 0.2) is 47.5 Å². The number of fused-ring (bicyclic) bond motifs is 2. The topological polar surface area (TPSA) is 105 Å². The summed E-state index contributed by atoms with van der Waals surface area (Å²) in [4.78, 5) is 21.8. The largest absolute Gasteiger partial charge is 0.437 e. The van der Waals surface area contributed by atoms with Gasteiger partial charge >= 0.3 is 11.4 Å². The summed E-state index contributed by atoms with van der Waals surface area (Å²) < 4.78 is 12.1. The van der Waals surface area contributed by atoms with E-state index >= 15 is 0 Å². The number of nitro groups is 2. The van der Waals surface area contributed by atoms with Crippen LogP contribution in [0, 0.1) is 20.2 Å². The van der Waals surface area contributed by atoms with E-state index in [0.29, 0.717) is 22.3 Å². The van der Waals surface area contributed by atoms with Crippen LogP contribution in [0.25, 0.3) is 12.2 Å². The van der Waals surface area contributed by atoms with Crippen molar-refractivity contribution in [3.63, 3.8) is 0 Å². The number of ether oxygens (including phenoxy) is 2. The fourth-order valence-electron chi connectivity index (χ4n) is 3.42. The van der Waals surface area contributed by atoms with Gasteiger partial charge in [0.2, 0.25) is 11.5 Å². The highest BCUT2D eigenvalue weighted by Gasteiger charge is 2.47. The zero-order valence-electron chi connectivity index (χ0n) is 14.5. The molecule has 0 N–H and O–H groups in total. The van der Waals surface area contributed by atoms with Crippen LogP contribution in [-0.2, 0) is 0 Å². The van der Waals surface area contributed by atoms with Gasteiger partial charge in [-0.3, -0.25) is 20.2 Å². The Labute approximate surface area is 153 Å². The predicted octanol–water partition coefficient (Wildman–Crippen LogP) is 4.49. The molecule has 8 heteroatoms. The molecule has 2 aliphatic heterocycles. The lowest BCUT2D eigenvalue weighted by atomic mass is 9.90. The van der Waals surface area contributed by atoms with E-state index in [-0.39, 0.29) is 22.9 Å². The van der Waals surface area contributed by atoms with E-state index in [1.54, 1.807) is 50.3 Å². The molecule has 0 saturated carbocycles. The molecule has 27 heavy (non-hydrogen) atoms. The summed E-state index contributed by atoms with van der Waals surface area (Å²) in [6, 6.07) is 9.26. The summed E-state index contributed by atoms with van der Waals surface area (Å²) in [5.41, 5.74) is 1.98. The maximum absolute atomic E-state index is 11.4. The average molecular weight is 366 g/mol. The Morgan fingerprint density at radius 3 is 1.56 bits per heavy atom. The van der Waals surface area contributed by atoms with E-state index in [1.807, 2.05) is 0 Å². The van der Waals surface area contributed by atoms with Crippen LogP contribution in [0.4, 0.5) is 11.4 Å². The molecule has 0 saturated heterocycles. The molecule has 4 rings (SSSR count). The Bertz CT molecular complexity index is 984. The van der Waals surface area contributed by atoms with Gasteiger partial charge in [-0.25, -0.2) is 0 Å². The summed E-state index contributed by atoms with van der Waals surface area (Å²) in [6.07, 6.45) is 3.48. The third-order valence-corrected chi connectivity index (χ3v) is 4.72. The van der Waals surface area contributed by atoms with Crippen LogP contribution in [0.3, 0.4) is 0 Å². The fraction of sp³-hybridized carbons (Fsp3) is 0.158. The van der Waals surface area contributed by atoms with Gasteiger partial charge in [-0.05, 0) is 26.0 Å². The van der Waals surface area contributed by atoms with Crippen molar-refractivity contribution in [3.05, 3.63) is 78.9 Å². The third-order valence-electron chi connectivity index (χ3n) is 4.72. The predicted molar refractivity (Wildman–Crippen MR) is 97.5 cm³/mol. The second kappa shape index (κ2) is 5.66. The molecule has 0 amide bonds. The van der Waals surface area contributed by atoms with Gasteiger partial charge in [-0.2, -0.15) is 0 Å². The van der Waals surface area contributed by atoms with E-state index in [2.05, 4.69) is 0 Å². The minimum absolute atomic E-state index is 0.0721. The standard InChI is InChI=1S/C19H14N2O6/c1-11-9-13-5-3-7-15(20(22)23)17(13)26-19(11)12(2)10-14-6-4-8-16(21(24)25)18(14)27-19/h3-10H,1-2H3. The van der Waals surface area contributed by atoms with Gasteiger partial charge in [0.05, 0.1) is 9.85 Å². The van der Waals surface area contributed by atoms with Gasteiger partial charge in [0, 0.05) is 34.4 Å². The third kappa shape index (κ3) is 2.37. The van der Waals surface area contributed by atoms with Crippen LogP contribution in [0.1, 0.15) is 25.0 Å². The molecular weight excluding hydrogens is 352 g/mol. The van der Waals surface area contributed by atoms with Crippen molar-refractivity contribution >= 4 is 23.5 Å². The Kier molecular flexibility index (Phi) is 3.52. The van der Waals surface area contributed by atoms with Crippen molar-refractivity contribution in [3.8, 4) is 11.5 Å². The normalized spacial score (nSPS) is 16.2. The molecule has 0 atom stereocenters. The van der Waals surface area contributed by atoms with E-state index < -0.39 is 15.6 Å². The lowest BCUT2D eigenvalue weighted by Crippen LogP contribution is -2.47. The van der Waals surface area contributed by atoms with E-state index in [1.165, 1.54) is 12.1 Å². The number of rotatable bonds is 2. The molecule has 136 valence electrons. The molecule has 0 radical (unpaired) electrons. The summed E-state index contributed by atoms with van der Waals surface area (Å²) >= 11 is 0. The average Bonchev–Trinajstić information content (AvgIpc) is 2.62. The molecule has 2 aromatic rings. The van der Waals surface area contributed by atoms with Crippen molar-refractivity contribution in [2.75, 3.05) is 0 Å². The van der Waals surface area contributed by atoms with E-state index in [4.69, 9.17) is 9.47 Å². The smallest absolute Gasteiger partial charge is 0.311 e. The van der Waals surface area contributed by atoms with E-state index in [9.17, 15) is 20.2 Å². The van der Waals surface area contributed by atoms with Gasteiger partial charge in [-0.15, -0.1) is 0 Å². The van der Waals surface area contributed by atoms with Gasteiger partial charge in [0.1, 0.15) is 0 Å². The van der Waals surface area contributed by atoms with Crippen LogP contribution < -0.4 is 9.47 Å². The SMILES string of the molecule is CC1=Cc2cccc([N+](=O)[O-])c2OC12Oc1c(cccc1[N+](=O)[O-])C=C2C. The molecule has 2 heterocycles. The quantitative estimate of drug-likeness (QED) is 0.573. The van der Waals surface area contributed by atoms with Gasteiger partial charge in [0.25, 0.3) is 5.79 Å². The van der Waals surface area contributed by atoms with Crippen LogP contribution in [-0.4, -0.2) is 15.6 Å².